The fourth-order valence-corrected chi connectivity index (χ4v) is 3.73. The Labute approximate surface area is 152 Å². The van der Waals surface area contributed by atoms with E-state index in [1.165, 1.54) is 0 Å². The van der Waals surface area contributed by atoms with E-state index >= 15 is 0 Å². The maximum Gasteiger partial charge on any atom is 0.311 e. The van der Waals surface area contributed by atoms with E-state index in [1.807, 2.05) is 13.8 Å². The Morgan fingerprint density at radius 3 is 2.16 bits per heavy atom. The number of carbonyl (C=O) groups excluding carboxylic acids is 1. The summed E-state index contributed by atoms with van der Waals surface area (Å²) < 4.78 is 23.8. The number of carbonyl (C=O) groups is 1. The number of hydrogen-bond donors (Lipinski definition) is 0. The predicted octanol–water partition coefficient (Wildman–Crippen LogP) is 3.88. The molecule has 0 N–H and O–H groups in total. The molecule has 2 aliphatic heterocycles. The van der Waals surface area contributed by atoms with E-state index in [1.54, 1.807) is 0 Å². The molecule has 2 fully saturated rings. The van der Waals surface area contributed by atoms with Gasteiger partial charge in [-0.2, -0.15) is 0 Å². The second-order valence-electron chi connectivity index (χ2n) is 8.69. The molecule has 0 radical (unpaired) electrons. The van der Waals surface area contributed by atoms with Gasteiger partial charge in [-0.3, -0.25) is 4.79 Å². The second kappa shape index (κ2) is 8.36. The molecule has 2 saturated heterocycles. The van der Waals surface area contributed by atoms with Gasteiger partial charge in [-0.25, -0.2) is 0 Å². The minimum atomic E-state index is -0.469. The van der Waals surface area contributed by atoms with Crippen molar-refractivity contribution in [2.75, 3.05) is 13.2 Å². The molecular formula is C20H36O5. The minimum Gasteiger partial charge on any atom is -0.457 e. The lowest BCUT2D eigenvalue weighted by Crippen LogP contribution is -2.40. The van der Waals surface area contributed by atoms with E-state index in [4.69, 9.17) is 18.9 Å². The first-order chi connectivity index (χ1) is 11.7. The zero-order valence-corrected chi connectivity index (χ0v) is 16.8. The standard InChI is InChI=1S/C20H36O5/c1-7-9-11-20(5,6)25-15-13-23-16-14(12-22-17(15)16)24-18(21)19(3,4)10-8-2/h14-17H,7-13H2,1-6H3/t14?,15?,16-,17-/m1/s1. The van der Waals surface area contributed by atoms with Crippen LogP contribution in [0.4, 0.5) is 0 Å². The summed E-state index contributed by atoms with van der Waals surface area (Å²) in [5.74, 6) is -0.167. The second-order valence-corrected chi connectivity index (χ2v) is 8.69. The van der Waals surface area contributed by atoms with Crippen molar-refractivity contribution in [1.82, 2.24) is 0 Å². The molecule has 0 aromatic heterocycles. The summed E-state index contributed by atoms with van der Waals surface area (Å²) in [5, 5.41) is 0. The smallest absolute Gasteiger partial charge is 0.311 e. The summed E-state index contributed by atoms with van der Waals surface area (Å²) >= 11 is 0. The van der Waals surface area contributed by atoms with Crippen molar-refractivity contribution in [2.24, 2.45) is 5.41 Å². The van der Waals surface area contributed by atoms with Crippen molar-refractivity contribution < 1.29 is 23.7 Å². The van der Waals surface area contributed by atoms with Crippen LogP contribution in [0.15, 0.2) is 0 Å². The quantitative estimate of drug-likeness (QED) is 0.587. The molecule has 2 aliphatic rings. The SMILES string of the molecule is CCCCC(C)(C)OC1CO[C@@H]2C(OC(=O)C(C)(C)CCC)CO[C@H]12. The number of hydrogen-bond acceptors (Lipinski definition) is 5. The number of rotatable bonds is 9. The van der Waals surface area contributed by atoms with E-state index in [0.29, 0.717) is 13.2 Å². The highest BCUT2D eigenvalue weighted by atomic mass is 16.7. The molecule has 146 valence electrons. The van der Waals surface area contributed by atoms with Crippen LogP contribution in [0.2, 0.25) is 0 Å². The lowest BCUT2D eigenvalue weighted by Gasteiger charge is -2.30. The molecule has 2 rings (SSSR count). The Kier molecular flexibility index (Phi) is 6.91. The maximum absolute atomic E-state index is 12.5. The van der Waals surface area contributed by atoms with Gasteiger partial charge in [-0.15, -0.1) is 0 Å². The van der Waals surface area contributed by atoms with Crippen LogP contribution < -0.4 is 0 Å². The van der Waals surface area contributed by atoms with Crippen LogP contribution in [0.3, 0.4) is 0 Å². The van der Waals surface area contributed by atoms with Crippen LogP contribution in [-0.2, 0) is 23.7 Å². The third-order valence-corrected chi connectivity index (χ3v) is 5.25. The first-order valence-corrected chi connectivity index (χ1v) is 9.82. The van der Waals surface area contributed by atoms with Crippen LogP contribution in [0.1, 0.15) is 73.6 Å². The molecule has 0 aromatic rings. The largest absolute Gasteiger partial charge is 0.457 e. The molecule has 0 aromatic carbocycles. The zero-order valence-electron chi connectivity index (χ0n) is 16.8. The van der Waals surface area contributed by atoms with Crippen LogP contribution in [-0.4, -0.2) is 49.2 Å². The van der Waals surface area contributed by atoms with Crippen molar-refractivity contribution in [3.8, 4) is 0 Å². The van der Waals surface area contributed by atoms with Gasteiger partial charge in [-0.05, 0) is 40.5 Å². The number of unbranched alkanes of at least 4 members (excludes halogenated alkanes) is 1. The Morgan fingerprint density at radius 2 is 1.56 bits per heavy atom. The first kappa shape index (κ1) is 20.7. The summed E-state index contributed by atoms with van der Waals surface area (Å²) in [6.45, 7) is 13.3. The van der Waals surface area contributed by atoms with Gasteiger partial charge >= 0.3 is 5.97 Å². The number of ether oxygens (including phenoxy) is 4. The van der Waals surface area contributed by atoms with Gasteiger partial charge in [0.1, 0.15) is 18.3 Å². The summed E-state index contributed by atoms with van der Waals surface area (Å²) in [4.78, 5) is 12.5. The Hall–Kier alpha value is -0.650. The molecule has 4 atom stereocenters. The van der Waals surface area contributed by atoms with Gasteiger partial charge in [0.15, 0.2) is 6.10 Å². The lowest BCUT2D eigenvalue weighted by atomic mass is 9.88. The molecule has 2 heterocycles. The molecule has 0 bridgehead atoms. The first-order valence-electron chi connectivity index (χ1n) is 9.82. The van der Waals surface area contributed by atoms with Gasteiger partial charge in [0.25, 0.3) is 0 Å². The summed E-state index contributed by atoms with van der Waals surface area (Å²) in [6.07, 6.45) is 4.29. The van der Waals surface area contributed by atoms with E-state index in [-0.39, 0.29) is 36.0 Å². The third kappa shape index (κ3) is 5.18. The van der Waals surface area contributed by atoms with Crippen molar-refractivity contribution in [1.29, 1.82) is 0 Å². The van der Waals surface area contributed by atoms with E-state index in [2.05, 4.69) is 27.7 Å². The Bertz CT molecular complexity index is 445. The molecule has 0 amide bonds. The topological polar surface area (TPSA) is 54.0 Å². The lowest BCUT2D eigenvalue weighted by molar-refractivity contribution is -0.165. The van der Waals surface area contributed by atoms with Crippen LogP contribution in [0.25, 0.3) is 0 Å². The van der Waals surface area contributed by atoms with Crippen LogP contribution >= 0.6 is 0 Å². The van der Waals surface area contributed by atoms with E-state index in [0.717, 1.165) is 32.1 Å². The molecule has 25 heavy (non-hydrogen) atoms. The van der Waals surface area contributed by atoms with Crippen molar-refractivity contribution in [2.45, 2.75) is 104 Å². The van der Waals surface area contributed by atoms with Gasteiger partial charge in [0.2, 0.25) is 0 Å². The molecular weight excluding hydrogens is 320 g/mol. The minimum absolute atomic E-state index is 0.0933. The van der Waals surface area contributed by atoms with Crippen molar-refractivity contribution in [3.05, 3.63) is 0 Å². The summed E-state index contributed by atoms with van der Waals surface area (Å²) in [6, 6.07) is 0. The fraction of sp³-hybridized carbons (Fsp3) is 0.950. The normalized spacial score (nSPS) is 29.7. The number of esters is 1. The van der Waals surface area contributed by atoms with Gasteiger partial charge < -0.3 is 18.9 Å². The Morgan fingerprint density at radius 1 is 0.960 bits per heavy atom. The van der Waals surface area contributed by atoms with Gasteiger partial charge in [0.05, 0.1) is 24.2 Å². The van der Waals surface area contributed by atoms with Crippen molar-refractivity contribution >= 4 is 5.97 Å². The average Bonchev–Trinajstić information content (AvgIpc) is 3.09. The highest BCUT2D eigenvalue weighted by Crippen LogP contribution is 2.35. The van der Waals surface area contributed by atoms with Gasteiger partial charge in [-0.1, -0.05) is 33.1 Å². The molecule has 5 heteroatoms. The molecule has 0 spiro atoms. The summed E-state index contributed by atoms with van der Waals surface area (Å²) in [7, 11) is 0. The van der Waals surface area contributed by atoms with Crippen molar-refractivity contribution in [3.63, 3.8) is 0 Å². The zero-order chi connectivity index (χ0) is 18.7. The number of fused-ring (bicyclic) bond motifs is 1. The maximum atomic E-state index is 12.5. The van der Waals surface area contributed by atoms with E-state index < -0.39 is 5.41 Å². The third-order valence-electron chi connectivity index (χ3n) is 5.25. The van der Waals surface area contributed by atoms with Gasteiger partial charge in [0, 0.05) is 0 Å². The highest BCUT2D eigenvalue weighted by molar-refractivity contribution is 5.76. The van der Waals surface area contributed by atoms with Crippen LogP contribution in [0.5, 0.6) is 0 Å². The molecule has 0 saturated carbocycles. The monoisotopic (exact) mass is 356 g/mol. The molecule has 2 unspecified atom stereocenters. The predicted molar refractivity (Wildman–Crippen MR) is 96.5 cm³/mol. The average molecular weight is 357 g/mol. The molecule has 0 aliphatic carbocycles. The summed E-state index contributed by atoms with van der Waals surface area (Å²) in [5.41, 5.74) is -0.663. The van der Waals surface area contributed by atoms with E-state index in [9.17, 15) is 4.79 Å². The Balaban J connectivity index is 1.90. The highest BCUT2D eigenvalue weighted by Gasteiger charge is 2.51. The fourth-order valence-electron chi connectivity index (χ4n) is 3.73. The van der Waals surface area contributed by atoms with Crippen LogP contribution in [0, 0.1) is 5.41 Å². The molecule has 5 nitrogen and oxygen atoms in total.